The zero-order valence-corrected chi connectivity index (χ0v) is 9.30. The van der Waals surface area contributed by atoms with Gasteiger partial charge in [-0.3, -0.25) is 0 Å². The second-order valence-corrected chi connectivity index (χ2v) is 3.54. The highest BCUT2D eigenvalue weighted by molar-refractivity contribution is 5.43. The van der Waals surface area contributed by atoms with Crippen LogP contribution in [0.1, 0.15) is 24.5 Å². The summed E-state index contributed by atoms with van der Waals surface area (Å²) in [4.78, 5) is 0. The second kappa shape index (κ2) is 4.80. The van der Waals surface area contributed by atoms with Crippen LogP contribution in [-0.2, 0) is 0 Å². The van der Waals surface area contributed by atoms with Crippen LogP contribution >= 0.6 is 0 Å². The highest BCUT2D eigenvalue weighted by Gasteiger charge is 1.93. The SMILES string of the molecule is C=C/C=c1/c(C)ccc(C)/c1=C/CC. The van der Waals surface area contributed by atoms with Crippen molar-refractivity contribution in [3.05, 3.63) is 46.4 Å². The first-order valence-corrected chi connectivity index (χ1v) is 5.09. The molecule has 74 valence electrons. The fourth-order valence-corrected chi connectivity index (χ4v) is 1.67. The maximum absolute atomic E-state index is 3.76. The third-order valence-corrected chi connectivity index (χ3v) is 2.42. The number of aryl methyl sites for hydroxylation is 2. The lowest BCUT2D eigenvalue weighted by Crippen LogP contribution is -2.29. The van der Waals surface area contributed by atoms with Crippen molar-refractivity contribution >= 4 is 12.2 Å². The average Bonchev–Trinajstić information content (AvgIpc) is 2.17. The number of benzene rings is 1. The fourth-order valence-electron chi connectivity index (χ4n) is 1.67. The standard InChI is InChI=1S/C14H18/c1-5-7-13-11(3)9-10-12(4)14(13)8-6-2/h5,7-10H,1,6H2,2-4H3/b13-7-,14-8-. The summed E-state index contributed by atoms with van der Waals surface area (Å²) in [5, 5.41) is 2.66. The molecule has 0 unspecified atom stereocenters. The van der Waals surface area contributed by atoms with Gasteiger partial charge in [0.05, 0.1) is 0 Å². The minimum absolute atomic E-state index is 1.07. The Labute approximate surface area is 86.3 Å². The zero-order chi connectivity index (χ0) is 10.6. The number of rotatable bonds is 2. The summed E-state index contributed by atoms with van der Waals surface area (Å²) in [7, 11) is 0. The van der Waals surface area contributed by atoms with Crippen LogP contribution in [0.4, 0.5) is 0 Å². The third kappa shape index (κ3) is 2.14. The van der Waals surface area contributed by atoms with Gasteiger partial charge in [0.15, 0.2) is 0 Å². The molecule has 0 bridgehead atoms. The van der Waals surface area contributed by atoms with Crippen molar-refractivity contribution in [2.24, 2.45) is 0 Å². The Balaban J connectivity index is 3.68. The van der Waals surface area contributed by atoms with Crippen LogP contribution in [-0.4, -0.2) is 0 Å². The van der Waals surface area contributed by atoms with Crippen LogP contribution < -0.4 is 10.4 Å². The molecule has 1 aromatic carbocycles. The lowest BCUT2D eigenvalue weighted by Gasteiger charge is -2.00. The van der Waals surface area contributed by atoms with Gasteiger partial charge in [-0.05, 0) is 41.8 Å². The van der Waals surface area contributed by atoms with Gasteiger partial charge in [0, 0.05) is 0 Å². The van der Waals surface area contributed by atoms with Crippen LogP contribution in [0.15, 0.2) is 24.8 Å². The molecule has 0 saturated carbocycles. The lowest BCUT2D eigenvalue weighted by molar-refractivity contribution is 1.24. The van der Waals surface area contributed by atoms with Gasteiger partial charge in [-0.1, -0.05) is 43.9 Å². The topological polar surface area (TPSA) is 0 Å². The number of hydrogen-bond donors (Lipinski definition) is 0. The van der Waals surface area contributed by atoms with E-state index in [1.807, 2.05) is 6.08 Å². The van der Waals surface area contributed by atoms with Gasteiger partial charge in [-0.2, -0.15) is 0 Å². The molecule has 0 saturated heterocycles. The Kier molecular flexibility index (Phi) is 3.70. The number of allylic oxidation sites excluding steroid dienone is 1. The molecule has 0 fully saturated rings. The molecular weight excluding hydrogens is 168 g/mol. The van der Waals surface area contributed by atoms with E-state index < -0.39 is 0 Å². The van der Waals surface area contributed by atoms with Crippen LogP contribution in [0.2, 0.25) is 0 Å². The zero-order valence-electron chi connectivity index (χ0n) is 9.30. The summed E-state index contributed by atoms with van der Waals surface area (Å²) in [5.74, 6) is 0. The normalized spacial score (nSPS) is 13.4. The first-order chi connectivity index (χ1) is 6.70. The Hall–Kier alpha value is -1.30. The van der Waals surface area contributed by atoms with Crippen LogP contribution in [0, 0.1) is 13.8 Å². The summed E-state index contributed by atoms with van der Waals surface area (Å²) >= 11 is 0. The van der Waals surface area contributed by atoms with E-state index in [1.165, 1.54) is 21.6 Å². The number of hydrogen-bond acceptors (Lipinski definition) is 0. The van der Waals surface area contributed by atoms with Crippen molar-refractivity contribution in [3.63, 3.8) is 0 Å². The first-order valence-electron chi connectivity index (χ1n) is 5.09. The Bertz CT molecular complexity index is 436. The largest absolute Gasteiger partial charge is 0.0990 e. The van der Waals surface area contributed by atoms with E-state index in [1.54, 1.807) is 0 Å². The minimum atomic E-state index is 1.07. The van der Waals surface area contributed by atoms with Crippen molar-refractivity contribution in [2.45, 2.75) is 27.2 Å². The quantitative estimate of drug-likeness (QED) is 0.665. The minimum Gasteiger partial charge on any atom is -0.0990 e. The van der Waals surface area contributed by atoms with Gasteiger partial charge in [-0.15, -0.1) is 0 Å². The van der Waals surface area contributed by atoms with E-state index in [0.29, 0.717) is 0 Å². The van der Waals surface area contributed by atoms with E-state index in [9.17, 15) is 0 Å². The van der Waals surface area contributed by atoms with E-state index in [0.717, 1.165) is 6.42 Å². The van der Waals surface area contributed by atoms with Gasteiger partial charge in [0.2, 0.25) is 0 Å². The van der Waals surface area contributed by atoms with Gasteiger partial charge < -0.3 is 0 Å². The molecule has 0 aliphatic heterocycles. The average molecular weight is 186 g/mol. The van der Waals surface area contributed by atoms with Gasteiger partial charge in [-0.25, -0.2) is 0 Å². The molecule has 14 heavy (non-hydrogen) atoms. The van der Waals surface area contributed by atoms with Crippen LogP contribution in [0.3, 0.4) is 0 Å². The predicted octanol–water partition coefficient (Wildman–Crippen LogP) is 2.46. The van der Waals surface area contributed by atoms with E-state index in [2.05, 4.69) is 51.6 Å². The monoisotopic (exact) mass is 186 g/mol. The van der Waals surface area contributed by atoms with Crippen LogP contribution in [0.25, 0.3) is 12.2 Å². The Morgan fingerprint density at radius 1 is 1.14 bits per heavy atom. The Morgan fingerprint density at radius 3 is 2.21 bits per heavy atom. The van der Waals surface area contributed by atoms with E-state index >= 15 is 0 Å². The van der Waals surface area contributed by atoms with E-state index in [-0.39, 0.29) is 0 Å². The molecule has 0 aliphatic carbocycles. The molecule has 0 spiro atoms. The fraction of sp³-hybridized carbons (Fsp3) is 0.286. The molecular formula is C14H18. The molecule has 0 radical (unpaired) electrons. The predicted molar refractivity (Wildman–Crippen MR) is 64.6 cm³/mol. The summed E-state index contributed by atoms with van der Waals surface area (Å²) in [6.45, 7) is 10.2. The lowest BCUT2D eigenvalue weighted by atomic mass is 10.1. The molecule has 0 N–H and O–H groups in total. The van der Waals surface area contributed by atoms with Crippen molar-refractivity contribution in [1.29, 1.82) is 0 Å². The molecule has 0 atom stereocenters. The third-order valence-electron chi connectivity index (χ3n) is 2.42. The van der Waals surface area contributed by atoms with Crippen molar-refractivity contribution in [2.75, 3.05) is 0 Å². The maximum Gasteiger partial charge on any atom is -0.0155 e. The van der Waals surface area contributed by atoms with Crippen LogP contribution in [0.5, 0.6) is 0 Å². The van der Waals surface area contributed by atoms with Crippen molar-refractivity contribution < 1.29 is 0 Å². The smallest absolute Gasteiger partial charge is 0.0155 e. The summed E-state index contributed by atoms with van der Waals surface area (Å²) < 4.78 is 0. The highest BCUT2D eigenvalue weighted by atomic mass is 14.0. The van der Waals surface area contributed by atoms with Gasteiger partial charge in [0.1, 0.15) is 0 Å². The maximum atomic E-state index is 3.76. The highest BCUT2D eigenvalue weighted by Crippen LogP contribution is 1.91. The molecule has 0 heterocycles. The van der Waals surface area contributed by atoms with E-state index in [4.69, 9.17) is 0 Å². The Morgan fingerprint density at radius 2 is 1.71 bits per heavy atom. The molecule has 0 aromatic heterocycles. The molecule has 0 amide bonds. The first kappa shape index (κ1) is 10.8. The van der Waals surface area contributed by atoms with Gasteiger partial charge in [0.25, 0.3) is 0 Å². The van der Waals surface area contributed by atoms with Gasteiger partial charge >= 0.3 is 0 Å². The summed E-state index contributed by atoms with van der Waals surface area (Å²) in [6, 6.07) is 4.34. The molecule has 1 aromatic rings. The molecule has 0 nitrogen and oxygen atoms in total. The summed E-state index contributed by atoms with van der Waals surface area (Å²) in [5.41, 5.74) is 2.65. The van der Waals surface area contributed by atoms with Crippen molar-refractivity contribution in [1.82, 2.24) is 0 Å². The summed E-state index contributed by atoms with van der Waals surface area (Å²) in [6.07, 6.45) is 7.29. The second-order valence-electron chi connectivity index (χ2n) is 3.54. The van der Waals surface area contributed by atoms with Crippen molar-refractivity contribution in [3.8, 4) is 0 Å². The molecule has 0 heteroatoms. The molecule has 0 aliphatic rings. The molecule has 1 rings (SSSR count).